The number of aliphatic hydroxyl groups is 1. The van der Waals surface area contributed by atoms with E-state index < -0.39 is 0 Å². The van der Waals surface area contributed by atoms with Crippen molar-refractivity contribution in [2.75, 3.05) is 0 Å². The maximum absolute atomic E-state index is 11.4. The molecule has 0 spiro atoms. The Bertz CT molecular complexity index is 1750. The van der Waals surface area contributed by atoms with Crippen molar-refractivity contribution in [3.05, 3.63) is 89.3 Å². The van der Waals surface area contributed by atoms with Crippen LogP contribution in [0.15, 0.2) is 66.6 Å². The average Bonchev–Trinajstić information content (AvgIpc) is 3.08. The maximum Gasteiger partial charge on any atom is 0.161 e. The molecule has 0 aliphatic heterocycles. The van der Waals surface area contributed by atoms with E-state index >= 15 is 0 Å². The fraction of sp³-hybridized carbons (Fsp3) is 0.442. The van der Waals surface area contributed by atoms with Gasteiger partial charge in [0.05, 0.1) is 5.76 Å². The third-order valence-electron chi connectivity index (χ3n) is 8.88. The van der Waals surface area contributed by atoms with Crippen LogP contribution in [0.1, 0.15) is 98.8 Å². The Hall–Kier alpha value is -3.07. The minimum absolute atomic E-state index is 0. The summed E-state index contributed by atoms with van der Waals surface area (Å²) in [7, 11) is 0. The van der Waals surface area contributed by atoms with E-state index in [0.717, 1.165) is 36.9 Å². The molecule has 0 saturated heterocycles. The molecule has 253 valence electrons. The minimum Gasteiger partial charge on any atom is -0.512 e. The van der Waals surface area contributed by atoms with Crippen molar-refractivity contribution >= 4 is 16.6 Å². The summed E-state index contributed by atoms with van der Waals surface area (Å²) >= 11 is 0. The van der Waals surface area contributed by atoms with Gasteiger partial charge in [-0.15, -0.1) is 29.3 Å². The second-order valence-electron chi connectivity index (χ2n) is 15.8. The number of hydrogen-bond donors (Lipinski definition) is 1. The van der Waals surface area contributed by atoms with Crippen molar-refractivity contribution in [3.63, 3.8) is 0 Å². The van der Waals surface area contributed by atoms with Crippen molar-refractivity contribution in [2.45, 2.75) is 102 Å². The number of carbonyl (C=O) groups excluding carboxylic acids is 1. The van der Waals surface area contributed by atoms with Crippen LogP contribution in [0, 0.1) is 35.7 Å². The van der Waals surface area contributed by atoms with Gasteiger partial charge in [-0.2, -0.15) is 0 Å². The Morgan fingerprint density at radius 3 is 2.06 bits per heavy atom. The van der Waals surface area contributed by atoms with Crippen molar-refractivity contribution < 1.29 is 30.0 Å². The number of aliphatic hydroxyl groups excluding tert-OH is 1. The van der Waals surface area contributed by atoms with Gasteiger partial charge in [0.25, 0.3) is 0 Å². The molecule has 2 unspecified atom stereocenters. The zero-order chi connectivity index (χ0) is 34.0. The number of fused-ring (bicyclic) bond motifs is 5. The number of aromatic nitrogens is 1. The molecule has 0 bridgehead atoms. The number of nitrogens with zero attached hydrogens (tertiary/aromatic N) is 1. The molecule has 0 amide bonds. The Morgan fingerprint density at radius 1 is 0.830 bits per heavy atom. The van der Waals surface area contributed by atoms with E-state index in [1.54, 1.807) is 0 Å². The Morgan fingerprint density at radius 2 is 1.45 bits per heavy atom. The fourth-order valence-corrected chi connectivity index (χ4v) is 6.12. The van der Waals surface area contributed by atoms with Gasteiger partial charge in [0, 0.05) is 44.2 Å². The number of benzene rings is 3. The first-order chi connectivity index (χ1) is 21.5. The number of ketones is 1. The predicted octanol–water partition coefficient (Wildman–Crippen LogP) is 11.9. The van der Waals surface area contributed by atoms with Crippen LogP contribution in [0.3, 0.4) is 0 Å². The Labute approximate surface area is 297 Å². The van der Waals surface area contributed by atoms with Gasteiger partial charge in [-0.1, -0.05) is 118 Å². The molecule has 2 atom stereocenters. The molecule has 47 heavy (non-hydrogen) atoms. The van der Waals surface area contributed by atoms with Crippen LogP contribution in [0.2, 0.25) is 0 Å². The summed E-state index contributed by atoms with van der Waals surface area (Å²) in [6, 6.07) is 22.0. The van der Waals surface area contributed by atoms with Crippen LogP contribution in [-0.2, 0) is 37.7 Å². The monoisotopic (exact) mass is 809 g/mol. The maximum atomic E-state index is 11.4. The summed E-state index contributed by atoms with van der Waals surface area (Å²) in [4.78, 5) is 16.3. The topological polar surface area (TPSA) is 50.2 Å². The molecule has 4 aromatic rings. The number of hydrogen-bond acceptors (Lipinski definition) is 3. The van der Waals surface area contributed by atoms with Gasteiger partial charge in [-0.3, -0.25) is 4.79 Å². The molecule has 3 nitrogen and oxygen atoms in total. The van der Waals surface area contributed by atoms with Crippen molar-refractivity contribution in [3.8, 4) is 33.5 Å². The molecule has 1 radical (unpaired) electrons. The predicted molar refractivity (Wildman–Crippen MR) is 196 cm³/mol. The third-order valence-corrected chi connectivity index (χ3v) is 8.88. The summed E-state index contributed by atoms with van der Waals surface area (Å²) in [6.45, 7) is 23.8. The Kier molecular flexibility index (Phi) is 12.6. The molecule has 1 N–H and O–H groups in total. The van der Waals surface area contributed by atoms with E-state index in [4.69, 9.17) is 4.98 Å². The van der Waals surface area contributed by atoms with E-state index in [1.807, 2.05) is 33.9 Å². The van der Waals surface area contributed by atoms with Crippen LogP contribution in [0.25, 0.3) is 44.3 Å². The molecule has 3 aromatic carbocycles. The molecule has 1 aliphatic rings. The van der Waals surface area contributed by atoms with Crippen molar-refractivity contribution in [1.29, 1.82) is 0 Å². The van der Waals surface area contributed by atoms with Crippen LogP contribution in [0.5, 0.6) is 0 Å². The first kappa shape index (κ1) is 38.4. The number of rotatable bonds is 7. The first-order valence-corrected chi connectivity index (χ1v) is 17.0. The number of pyridine rings is 1. The third kappa shape index (κ3) is 9.52. The van der Waals surface area contributed by atoms with E-state index in [0.29, 0.717) is 0 Å². The van der Waals surface area contributed by atoms with Crippen LogP contribution < -0.4 is 0 Å². The van der Waals surface area contributed by atoms with E-state index in [2.05, 4.69) is 103 Å². The average molecular weight is 809 g/mol. The van der Waals surface area contributed by atoms with Gasteiger partial charge >= 0.3 is 0 Å². The standard InChI is InChI=1S/C32H34N.C11H20O2.Ir/c1-20-8-10-25-26(14-20)27-16-21(18-31(2,3)4)9-11-24(27)28-17-22(19-32(5,6)7)15-23-12-13-33-30(25)29(23)28;1-5-8(3)10(12)7-11(13)9(4)6-2;/h8-9,11-17H,18-19H2,1-7H3;7-9,12H,5-6H2,1-4H3;/q-1;;. The summed E-state index contributed by atoms with van der Waals surface area (Å²) in [5.74, 6) is 0.354. The van der Waals surface area contributed by atoms with Crippen LogP contribution in [0.4, 0.5) is 0 Å². The van der Waals surface area contributed by atoms with Gasteiger partial charge in [-0.25, -0.2) is 0 Å². The van der Waals surface area contributed by atoms with E-state index in [1.165, 1.54) is 55.8 Å². The SMILES string of the molecule is CCC(C)C(=O)C=C(O)C(C)CC.Cc1c[c-]c2c(c1)-c1cc(CC(C)(C)C)ccc1-c1cc(CC(C)(C)C)cc3ccnc-2c13.[Ir]. The molecule has 1 aliphatic carbocycles. The molecule has 0 fully saturated rings. The number of carbonyl (C=O) groups is 1. The second-order valence-corrected chi connectivity index (χ2v) is 15.8. The largest absolute Gasteiger partial charge is 0.512 e. The fourth-order valence-electron chi connectivity index (χ4n) is 6.12. The molecular weight excluding hydrogens is 755 g/mol. The van der Waals surface area contributed by atoms with Gasteiger partial charge < -0.3 is 10.1 Å². The van der Waals surface area contributed by atoms with E-state index in [-0.39, 0.29) is 54.3 Å². The second kappa shape index (κ2) is 15.4. The van der Waals surface area contributed by atoms with Crippen LogP contribution in [-0.4, -0.2) is 15.9 Å². The molecule has 5 rings (SSSR count). The van der Waals surface area contributed by atoms with Gasteiger partial charge in [0.15, 0.2) is 5.78 Å². The van der Waals surface area contributed by atoms with Gasteiger partial charge in [-0.05, 0) is 81.3 Å². The van der Waals surface area contributed by atoms with E-state index in [9.17, 15) is 9.90 Å². The van der Waals surface area contributed by atoms with Crippen molar-refractivity contribution in [1.82, 2.24) is 4.98 Å². The normalized spacial score (nSPS) is 13.7. The molecule has 4 heteroatoms. The van der Waals surface area contributed by atoms with Gasteiger partial charge in [0.2, 0.25) is 0 Å². The van der Waals surface area contributed by atoms with Gasteiger partial charge in [0.1, 0.15) is 0 Å². The molecule has 1 heterocycles. The summed E-state index contributed by atoms with van der Waals surface area (Å²) < 4.78 is 0. The molecular formula is C43H54IrNO2-. The minimum atomic E-state index is 0. The summed E-state index contributed by atoms with van der Waals surface area (Å²) in [6.07, 6.45) is 7.11. The van der Waals surface area contributed by atoms with Crippen LogP contribution >= 0.6 is 0 Å². The number of aryl methyl sites for hydroxylation is 1. The first-order valence-electron chi connectivity index (χ1n) is 17.0. The zero-order valence-corrected chi connectivity index (χ0v) is 32.8. The zero-order valence-electron chi connectivity index (χ0n) is 30.4. The Balaban J connectivity index is 0.000000367. The smallest absolute Gasteiger partial charge is 0.161 e. The molecule has 0 saturated carbocycles. The summed E-state index contributed by atoms with van der Waals surface area (Å²) in [5.41, 5.74) is 11.8. The summed E-state index contributed by atoms with van der Waals surface area (Å²) in [5, 5.41) is 12.0. The number of allylic oxidation sites excluding steroid dienone is 2. The quantitative estimate of drug-likeness (QED) is 0.101. The molecule has 1 aromatic heterocycles. The van der Waals surface area contributed by atoms with Crippen molar-refractivity contribution in [2.24, 2.45) is 22.7 Å².